The molecular formula is C32H29N3O2S2. The minimum absolute atomic E-state index is 0.359. The van der Waals surface area contributed by atoms with E-state index in [0.717, 1.165) is 32.0 Å². The Labute approximate surface area is 237 Å². The highest BCUT2D eigenvalue weighted by atomic mass is 32.2. The van der Waals surface area contributed by atoms with Gasteiger partial charge in [-0.25, -0.2) is 4.99 Å². The number of hydrogen-bond acceptors (Lipinski definition) is 5. The number of aliphatic imine (C=N–C) groups is 1. The molecular weight excluding hydrogens is 523 g/mol. The molecule has 4 aromatic carbocycles. The molecule has 0 spiro atoms. The predicted molar refractivity (Wildman–Crippen MR) is 160 cm³/mol. The first-order valence-electron chi connectivity index (χ1n) is 12.6. The van der Waals surface area contributed by atoms with Crippen molar-refractivity contribution in [2.75, 3.05) is 0 Å². The third-order valence-electron chi connectivity index (χ3n) is 6.40. The quantitative estimate of drug-likeness (QED) is 0.193. The van der Waals surface area contributed by atoms with Gasteiger partial charge in [0.2, 0.25) is 5.66 Å². The van der Waals surface area contributed by atoms with Crippen molar-refractivity contribution in [3.63, 3.8) is 0 Å². The van der Waals surface area contributed by atoms with Gasteiger partial charge in [0.05, 0.1) is 0 Å². The van der Waals surface area contributed by atoms with Gasteiger partial charge in [0.1, 0.15) is 10.4 Å². The highest BCUT2D eigenvalue weighted by molar-refractivity contribution is 8.17. The summed E-state index contributed by atoms with van der Waals surface area (Å²) in [6.45, 7) is 6.05. The van der Waals surface area contributed by atoms with E-state index in [1.54, 1.807) is 12.1 Å². The van der Waals surface area contributed by atoms with Crippen LogP contribution in [-0.2, 0) is 4.79 Å². The number of carbonyl (C=O) groups excluding carboxylic acids is 2. The molecule has 0 radical (unpaired) electrons. The van der Waals surface area contributed by atoms with Gasteiger partial charge in [0.25, 0.3) is 11.8 Å². The van der Waals surface area contributed by atoms with Crippen LogP contribution in [0.2, 0.25) is 0 Å². The molecule has 1 aliphatic rings. The van der Waals surface area contributed by atoms with E-state index in [1.165, 1.54) is 23.5 Å². The van der Waals surface area contributed by atoms with Crippen LogP contribution in [0.25, 0.3) is 0 Å². The minimum atomic E-state index is -1.57. The lowest BCUT2D eigenvalue weighted by Gasteiger charge is -2.32. The van der Waals surface area contributed by atoms with Crippen LogP contribution in [0.5, 0.6) is 0 Å². The Balaban J connectivity index is 1.61. The van der Waals surface area contributed by atoms with Gasteiger partial charge in [-0.2, -0.15) is 0 Å². The van der Waals surface area contributed by atoms with Crippen molar-refractivity contribution in [2.24, 2.45) is 4.99 Å². The monoisotopic (exact) mass is 551 g/mol. The summed E-state index contributed by atoms with van der Waals surface area (Å²) in [7, 11) is 0. The summed E-state index contributed by atoms with van der Waals surface area (Å²) in [6.07, 6.45) is 0. The number of hydrogen-bond donors (Lipinski definition) is 2. The van der Waals surface area contributed by atoms with E-state index in [0.29, 0.717) is 11.4 Å². The molecule has 1 aliphatic heterocycles. The third kappa shape index (κ3) is 6.10. The Hall–Kier alpha value is -3.81. The number of thioether (sulfide) groups is 2. The second-order valence-corrected chi connectivity index (χ2v) is 12.2. The second kappa shape index (κ2) is 11.5. The van der Waals surface area contributed by atoms with E-state index in [4.69, 9.17) is 4.99 Å². The van der Waals surface area contributed by atoms with Gasteiger partial charge >= 0.3 is 0 Å². The van der Waals surface area contributed by atoms with Gasteiger partial charge in [0.15, 0.2) is 0 Å². The first kappa shape index (κ1) is 26.8. The molecule has 1 atom stereocenters. The molecule has 0 saturated carbocycles. The summed E-state index contributed by atoms with van der Waals surface area (Å²) in [6, 6.07) is 33.1. The number of benzene rings is 4. The van der Waals surface area contributed by atoms with E-state index < -0.39 is 10.2 Å². The number of aryl methyl sites for hydroxylation is 3. The van der Waals surface area contributed by atoms with E-state index in [2.05, 4.69) is 10.6 Å². The summed E-state index contributed by atoms with van der Waals surface area (Å²) >= 11 is 3.03. The Morgan fingerprint density at radius 1 is 0.744 bits per heavy atom. The number of rotatable bonds is 8. The zero-order valence-corrected chi connectivity index (χ0v) is 23.6. The van der Waals surface area contributed by atoms with Crippen molar-refractivity contribution in [2.45, 2.75) is 40.8 Å². The van der Waals surface area contributed by atoms with Crippen molar-refractivity contribution in [3.8, 4) is 0 Å². The van der Waals surface area contributed by atoms with Crippen LogP contribution < -0.4 is 10.6 Å². The topological polar surface area (TPSA) is 70.6 Å². The SMILES string of the molecule is Cc1ccc(SC(Sc2ccc(C)cc2)[C@]2(NC(=O)c3ccc(C)cc3)N=C(c3ccccc3)NC2=O)cc1. The van der Waals surface area contributed by atoms with E-state index >= 15 is 0 Å². The van der Waals surface area contributed by atoms with E-state index in [9.17, 15) is 9.59 Å². The Morgan fingerprint density at radius 2 is 1.23 bits per heavy atom. The summed E-state index contributed by atoms with van der Waals surface area (Å²) < 4.78 is -0.515. The lowest BCUT2D eigenvalue weighted by molar-refractivity contribution is -0.124. The molecule has 2 amide bonds. The largest absolute Gasteiger partial charge is 0.318 e. The fourth-order valence-electron chi connectivity index (χ4n) is 4.12. The van der Waals surface area contributed by atoms with Gasteiger partial charge in [-0.3, -0.25) is 9.59 Å². The molecule has 39 heavy (non-hydrogen) atoms. The van der Waals surface area contributed by atoms with Gasteiger partial charge in [0, 0.05) is 20.9 Å². The second-order valence-electron chi connectivity index (χ2n) is 9.56. The average Bonchev–Trinajstić information content (AvgIpc) is 3.28. The maximum absolute atomic E-state index is 14.0. The third-order valence-corrected chi connectivity index (χ3v) is 9.18. The number of nitrogens with one attached hydrogen (secondary N) is 2. The highest BCUT2D eigenvalue weighted by Gasteiger charge is 2.52. The number of nitrogens with zero attached hydrogens (tertiary/aromatic N) is 1. The molecule has 4 aromatic rings. The van der Waals surface area contributed by atoms with Gasteiger partial charge < -0.3 is 10.6 Å². The summed E-state index contributed by atoms with van der Waals surface area (Å²) in [5.74, 6) is -0.294. The Bertz CT molecular complexity index is 1450. The van der Waals surface area contributed by atoms with Crippen LogP contribution in [0.4, 0.5) is 0 Å². The summed E-state index contributed by atoms with van der Waals surface area (Å²) in [5, 5.41) is 6.03. The Morgan fingerprint density at radius 3 is 1.74 bits per heavy atom. The molecule has 5 rings (SSSR count). The standard InChI is InChI=1S/C32H29N3O2S2/c1-21-9-15-25(16-10-21)29(36)35-32(30(37)33-28(34-32)24-7-5-4-6-8-24)31(38-26-17-11-22(2)12-18-26)39-27-19-13-23(3)14-20-27/h4-20,31H,1-3H3,(H,35,36)(H,33,34,37)/t32-/m0/s1. The minimum Gasteiger partial charge on any atom is -0.318 e. The molecule has 196 valence electrons. The molecule has 0 saturated heterocycles. The molecule has 1 heterocycles. The maximum Gasteiger partial charge on any atom is 0.276 e. The fourth-order valence-corrected chi connectivity index (χ4v) is 6.84. The smallest absolute Gasteiger partial charge is 0.276 e. The molecule has 5 nitrogen and oxygen atoms in total. The normalized spacial score (nSPS) is 16.6. The maximum atomic E-state index is 14.0. The van der Waals surface area contributed by atoms with Crippen LogP contribution in [0.3, 0.4) is 0 Å². The van der Waals surface area contributed by atoms with Crippen molar-refractivity contribution >= 4 is 41.2 Å². The van der Waals surface area contributed by atoms with Crippen LogP contribution in [0.15, 0.2) is 118 Å². The summed E-state index contributed by atoms with van der Waals surface area (Å²) in [4.78, 5) is 34.5. The lowest BCUT2D eigenvalue weighted by Crippen LogP contribution is -2.59. The van der Waals surface area contributed by atoms with Crippen LogP contribution in [0, 0.1) is 20.8 Å². The van der Waals surface area contributed by atoms with E-state index in [1.807, 2.05) is 112 Å². The van der Waals surface area contributed by atoms with E-state index in [-0.39, 0.29) is 11.8 Å². The van der Waals surface area contributed by atoms with Crippen molar-refractivity contribution in [1.29, 1.82) is 0 Å². The number of amidine groups is 1. The zero-order chi connectivity index (χ0) is 27.4. The zero-order valence-electron chi connectivity index (χ0n) is 22.0. The predicted octanol–water partition coefficient (Wildman–Crippen LogP) is 6.53. The van der Waals surface area contributed by atoms with Crippen molar-refractivity contribution < 1.29 is 9.59 Å². The van der Waals surface area contributed by atoms with Gasteiger partial charge in [-0.05, 0) is 57.2 Å². The molecule has 7 heteroatoms. The number of amides is 2. The Kier molecular flexibility index (Phi) is 7.91. The van der Waals surface area contributed by atoms with Crippen LogP contribution in [0.1, 0.15) is 32.6 Å². The number of carbonyl (C=O) groups is 2. The highest BCUT2D eigenvalue weighted by Crippen LogP contribution is 2.44. The average molecular weight is 552 g/mol. The molecule has 0 fully saturated rings. The molecule has 0 unspecified atom stereocenters. The summed E-state index contributed by atoms with van der Waals surface area (Å²) in [5.41, 5.74) is 3.01. The van der Waals surface area contributed by atoms with Gasteiger partial charge in [-0.1, -0.05) is 83.4 Å². The first-order chi connectivity index (χ1) is 18.8. The first-order valence-corrected chi connectivity index (χ1v) is 14.4. The van der Waals surface area contributed by atoms with Crippen molar-refractivity contribution in [1.82, 2.24) is 10.6 Å². The molecule has 0 aliphatic carbocycles. The van der Waals surface area contributed by atoms with Crippen LogP contribution >= 0.6 is 23.5 Å². The van der Waals surface area contributed by atoms with Gasteiger partial charge in [-0.15, -0.1) is 23.5 Å². The lowest BCUT2D eigenvalue weighted by atomic mass is 10.1. The molecule has 2 N–H and O–H groups in total. The molecule has 0 bridgehead atoms. The molecule has 0 aromatic heterocycles. The van der Waals surface area contributed by atoms with Crippen LogP contribution in [-0.4, -0.2) is 27.9 Å². The fraction of sp³-hybridized carbons (Fsp3) is 0.156. The van der Waals surface area contributed by atoms with Crippen molar-refractivity contribution in [3.05, 3.63) is 131 Å².